The normalized spacial score (nSPS) is 18.3. The number of hydrogen-bond donors (Lipinski definition) is 4. The molecule has 5 rings (SSSR count). The second-order valence-corrected chi connectivity index (χ2v) is 8.88. The molecule has 180 valence electrons. The summed E-state index contributed by atoms with van der Waals surface area (Å²) < 4.78 is 27.7. The molecule has 0 unspecified atom stereocenters. The zero-order chi connectivity index (χ0) is 24.9. The van der Waals surface area contributed by atoms with Crippen LogP contribution in [0.4, 0.5) is 25.0 Å². The van der Waals surface area contributed by atoms with Gasteiger partial charge in [0.1, 0.15) is 11.6 Å². The summed E-state index contributed by atoms with van der Waals surface area (Å²) in [6, 6.07) is 9.71. The van der Waals surface area contributed by atoms with Gasteiger partial charge in [0.2, 0.25) is 0 Å². The predicted molar refractivity (Wildman–Crippen MR) is 128 cm³/mol. The van der Waals surface area contributed by atoms with Gasteiger partial charge in [0.05, 0.1) is 24.4 Å². The van der Waals surface area contributed by atoms with Gasteiger partial charge in [0, 0.05) is 33.0 Å². The molecule has 0 saturated carbocycles. The van der Waals surface area contributed by atoms with Crippen LogP contribution in [0.2, 0.25) is 5.02 Å². The topological polar surface area (TPSA) is 108 Å². The second kappa shape index (κ2) is 8.92. The highest BCUT2D eigenvalue weighted by Gasteiger charge is 2.36. The fourth-order valence-corrected chi connectivity index (χ4v) is 4.89. The van der Waals surface area contributed by atoms with Crippen LogP contribution in [0, 0.1) is 11.6 Å². The number of anilines is 2. The van der Waals surface area contributed by atoms with E-state index < -0.39 is 35.7 Å². The van der Waals surface area contributed by atoms with E-state index in [9.17, 15) is 23.5 Å². The third-order valence-electron chi connectivity index (χ3n) is 6.23. The lowest BCUT2D eigenvalue weighted by molar-refractivity contribution is 0.0960. The maximum absolute atomic E-state index is 14.0. The highest BCUT2D eigenvalue weighted by molar-refractivity contribution is 6.31. The van der Waals surface area contributed by atoms with Crippen LogP contribution in [-0.4, -0.2) is 30.1 Å². The van der Waals surface area contributed by atoms with Crippen molar-refractivity contribution in [2.24, 2.45) is 5.73 Å². The maximum Gasteiger partial charge on any atom is 0.326 e. The zero-order valence-corrected chi connectivity index (χ0v) is 19.1. The predicted octanol–water partition coefficient (Wildman–Crippen LogP) is 4.04. The lowest BCUT2D eigenvalue weighted by atomic mass is 9.94. The molecule has 0 aliphatic carbocycles. The van der Waals surface area contributed by atoms with Crippen molar-refractivity contribution in [1.29, 1.82) is 0 Å². The monoisotopic (exact) mass is 498 g/mol. The molecule has 0 bridgehead atoms. The fraction of sp³-hybridized carbons (Fsp3) is 0.200. The molecular weight excluding hydrogens is 478 g/mol. The van der Waals surface area contributed by atoms with Crippen LogP contribution >= 0.6 is 11.6 Å². The Morgan fingerprint density at radius 1 is 1.14 bits per heavy atom. The molecule has 3 amide bonds. The van der Waals surface area contributed by atoms with Crippen molar-refractivity contribution in [2.45, 2.75) is 18.6 Å². The Hall–Kier alpha value is -3.53. The summed E-state index contributed by atoms with van der Waals surface area (Å²) in [5, 5.41) is 16.2. The first-order valence-electron chi connectivity index (χ1n) is 11.0. The lowest BCUT2D eigenvalue weighted by Crippen LogP contribution is -2.34. The number of halogens is 3. The van der Waals surface area contributed by atoms with Gasteiger partial charge in [0.25, 0.3) is 5.91 Å². The molecule has 5 N–H and O–H groups in total. The largest absolute Gasteiger partial charge is 0.386 e. The van der Waals surface area contributed by atoms with Gasteiger partial charge in [-0.1, -0.05) is 11.6 Å². The van der Waals surface area contributed by atoms with Crippen molar-refractivity contribution in [3.8, 4) is 0 Å². The lowest BCUT2D eigenvalue weighted by Gasteiger charge is -2.22. The molecule has 0 aromatic heterocycles. The molecule has 2 atom stereocenters. The Labute approximate surface area is 204 Å². The summed E-state index contributed by atoms with van der Waals surface area (Å²) in [7, 11) is 0. The van der Waals surface area contributed by atoms with Crippen LogP contribution in [-0.2, 0) is 6.42 Å². The summed E-state index contributed by atoms with van der Waals surface area (Å²) in [5.74, 6) is -1.43. The Balaban J connectivity index is 1.57. The van der Waals surface area contributed by atoms with E-state index in [1.807, 2.05) is 0 Å². The first-order chi connectivity index (χ1) is 16.8. The van der Waals surface area contributed by atoms with E-state index in [4.69, 9.17) is 17.3 Å². The Kier molecular flexibility index (Phi) is 5.92. The minimum atomic E-state index is -1.04. The molecule has 3 aromatic rings. The zero-order valence-electron chi connectivity index (χ0n) is 18.3. The van der Waals surface area contributed by atoms with Crippen molar-refractivity contribution in [2.75, 3.05) is 23.3 Å². The number of amides is 3. The van der Waals surface area contributed by atoms with E-state index in [0.29, 0.717) is 46.6 Å². The van der Waals surface area contributed by atoms with Crippen LogP contribution in [0.5, 0.6) is 0 Å². The van der Waals surface area contributed by atoms with E-state index in [2.05, 4.69) is 10.6 Å². The van der Waals surface area contributed by atoms with Gasteiger partial charge in [-0.2, -0.15) is 0 Å². The molecule has 2 aliphatic heterocycles. The van der Waals surface area contributed by atoms with E-state index >= 15 is 0 Å². The molecule has 2 aliphatic rings. The Bertz CT molecular complexity index is 1370. The van der Waals surface area contributed by atoms with E-state index in [1.54, 1.807) is 12.1 Å². The number of carbonyl (C=O) groups excluding carboxylic acids is 2. The number of β-amino-alcohol motifs (C(OH)–C–C–N with tert-alkyl or cyclic N) is 1. The van der Waals surface area contributed by atoms with Crippen molar-refractivity contribution in [3.05, 3.63) is 93.0 Å². The molecule has 0 saturated heterocycles. The van der Waals surface area contributed by atoms with Crippen LogP contribution in [0.1, 0.15) is 44.8 Å². The molecule has 3 aromatic carbocycles. The molecule has 0 spiro atoms. The maximum atomic E-state index is 14.0. The minimum absolute atomic E-state index is 0.0639. The highest BCUT2D eigenvalue weighted by Crippen LogP contribution is 2.41. The first-order valence-corrected chi connectivity index (χ1v) is 11.3. The molecule has 35 heavy (non-hydrogen) atoms. The van der Waals surface area contributed by atoms with Gasteiger partial charge in [-0.3, -0.25) is 9.69 Å². The van der Waals surface area contributed by atoms with Crippen LogP contribution < -0.4 is 21.3 Å². The van der Waals surface area contributed by atoms with Crippen LogP contribution in [0.3, 0.4) is 0 Å². The summed E-state index contributed by atoms with van der Waals surface area (Å²) in [4.78, 5) is 27.5. The van der Waals surface area contributed by atoms with Crippen LogP contribution in [0.25, 0.3) is 0 Å². The number of urea groups is 1. The smallest absolute Gasteiger partial charge is 0.326 e. The van der Waals surface area contributed by atoms with Crippen LogP contribution in [0.15, 0.2) is 48.5 Å². The number of fused-ring (bicyclic) bond motifs is 2. The number of carbonyl (C=O) groups is 2. The molecular formula is C25H21ClF2N4O3. The third-order valence-corrected chi connectivity index (χ3v) is 6.58. The molecule has 2 heterocycles. The minimum Gasteiger partial charge on any atom is -0.386 e. The summed E-state index contributed by atoms with van der Waals surface area (Å²) >= 11 is 6.33. The number of rotatable bonds is 4. The standard InChI is InChI=1S/C25H21ClF2N4O3/c26-18-3-1-13(27)9-15(18)23-22-17(24(34)31-23)7-12(5-6-29)8-19(22)30-25(35)32-11-21(33)16-10-14(28)2-4-20(16)32/h1-4,7-10,21,23,33H,5-6,11,29H2,(H,30,35)(H,31,34)/t21-,23-/m1/s1. The average molecular weight is 499 g/mol. The Morgan fingerprint density at radius 2 is 1.86 bits per heavy atom. The van der Waals surface area contributed by atoms with Gasteiger partial charge in [-0.25, -0.2) is 13.6 Å². The fourth-order valence-electron chi connectivity index (χ4n) is 4.66. The number of hydrogen-bond acceptors (Lipinski definition) is 4. The molecule has 0 fully saturated rings. The number of nitrogens with one attached hydrogen (secondary N) is 2. The van der Waals surface area contributed by atoms with Crippen molar-refractivity contribution < 1.29 is 23.5 Å². The Morgan fingerprint density at radius 3 is 2.60 bits per heavy atom. The van der Waals surface area contributed by atoms with Gasteiger partial charge in [-0.05, 0) is 67.1 Å². The summed E-state index contributed by atoms with van der Waals surface area (Å²) in [6.45, 7) is 0.260. The first kappa shape index (κ1) is 23.2. The van der Waals surface area contributed by atoms with Crippen molar-refractivity contribution >= 4 is 34.9 Å². The summed E-state index contributed by atoms with van der Waals surface area (Å²) in [6.07, 6.45) is -0.581. The summed E-state index contributed by atoms with van der Waals surface area (Å²) in [5.41, 5.74) is 8.56. The van der Waals surface area contributed by atoms with Gasteiger partial charge in [-0.15, -0.1) is 0 Å². The molecule has 0 radical (unpaired) electrons. The van der Waals surface area contributed by atoms with E-state index in [0.717, 1.165) is 5.56 Å². The van der Waals surface area contributed by atoms with Gasteiger partial charge >= 0.3 is 6.03 Å². The molecule has 10 heteroatoms. The van der Waals surface area contributed by atoms with Gasteiger partial charge < -0.3 is 21.5 Å². The average Bonchev–Trinajstić information content (AvgIpc) is 3.32. The number of aliphatic hydroxyl groups is 1. The van der Waals surface area contributed by atoms with Gasteiger partial charge in [0.15, 0.2) is 0 Å². The number of benzene rings is 3. The number of aliphatic hydroxyl groups excluding tert-OH is 1. The number of nitrogens with zero attached hydrogens (tertiary/aromatic N) is 1. The third kappa shape index (κ3) is 4.12. The highest BCUT2D eigenvalue weighted by atomic mass is 35.5. The number of nitrogens with two attached hydrogens (primary N) is 1. The van der Waals surface area contributed by atoms with E-state index in [1.165, 1.54) is 41.3 Å². The van der Waals surface area contributed by atoms with E-state index in [-0.39, 0.29) is 11.6 Å². The molecule has 7 nitrogen and oxygen atoms in total. The SMILES string of the molecule is NCCc1cc(NC(=O)N2C[C@@H](O)c3cc(F)ccc32)c2c(c1)C(=O)N[C@@H]2c1cc(F)ccc1Cl. The van der Waals surface area contributed by atoms with Crippen molar-refractivity contribution in [1.82, 2.24) is 5.32 Å². The second-order valence-electron chi connectivity index (χ2n) is 8.48. The quantitative estimate of drug-likeness (QED) is 0.435. The van der Waals surface area contributed by atoms with Crippen molar-refractivity contribution in [3.63, 3.8) is 0 Å².